The number of nitrogens with one attached hydrogen (secondary N) is 1. The van der Waals surface area contributed by atoms with Gasteiger partial charge in [0.05, 0.1) is 6.10 Å². The molecule has 0 bridgehead atoms. The van der Waals surface area contributed by atoms with E-state index in [9.17, 15) is 9.90 Å². The maximum absolute atomic E-state index is 11.8. The minimum atomic E-state index is -0.511. The SMILES string of the molecule is CCC(CC(=O)NCCC(O)c1ccccc1)C(C)C. The quantitative estimate of drug-likeness (QED) is 0.766. The van der Waals surface area contributed by atoms with E-state index in [1.165, 1.54) is 0 Å². The Hall–Kier alpha value is -1.35. The van der Waals surface area contributed by atoms with Crippen LogP contribution < -0.4 is 5.32 Å². The van der Waals surface area contributed by atoms with Crippen molar-refractivity contribution in [2.45, 2.75) is 46.1 Å². The summed E-state index contributed by atoms with van der Waals surface area (Å²) in [6.07, 6.45) is 1.64. The molecule has 3 nitrogen and oxygen atoms in total. The third kappa shape index (κ3) is 5.74. The summed E-state index contributed by atoms with van der Waals surface area (Å²) in [4.78, 5) is 11.8. The average molecular weight is 277 g/mol. The fourth-order valence-corrected chi connectivity index (χ4v) is 2.35. The van der Waals surface area contributed by atoms with Crippen LogP contribution in [0.25, 0.3) is 0 Å². The van der Waals surface area contributed by atoms with Crippen molar-refractivity contribution in [3.05, 3.63) is 35.9 Å². The lowest BCUT2D eigenvalue weighted by molar-refractivity contribution is -0.122. The summed E-state index contributed by atoms with van der Waals surface area (Å²) in [6, 6.07) is 9.54. The topological polar surface area (TPSA) is 49.3 Å². The van der Waals surface area contributed by atoms with E-state index < -0.39 is 6.10 Å². The number of hydrogen-bond donors (Lipinski definition) is 2. The first-order chi connectivity index (χ1) is 9.54. The molecule has 112 valence electrons. The van der Waals surface area contributed by atoms with Gasteiger partial charge >= 0.3 is 0 Å². The van der Waals surface area contributed by atoms with E-state index in [-0.39, 0.29) is 5.91 Å². The normalized spacial score (nSPS) is 14.1. The molecular formula is C17H27NO2. The van der Waals surface area contributed by atoms with Crippen LogP contribution in [0.2, 0.25) is 0 Å². The minimum Gasteiger partial charge on any atom is -0.388 e. The van der Waals surface area contributed by atoms with Crippen molar-refractivity contribution in [3.63, 3.8) is 0 Å². The van der Waals surface area contributed by atoms with E-state index in [2.05, 4.69) is 26.1 Å². The van der Waals surface area contributed by atoms with Gasteiger partial charge in [0.25, 0.3) is 0 Å². The number of carbonyl (C=O) groups excluding carboxylic acids is 1. The monoisotopic (exact) mass is 277 g/mol. The van der Waals surface area contributed by atoms with Crippen LogP contribution in [0.1, 0.15) is 51.7 Å². The molecule has 2 unspecified atom stereocenters. The molecule has 20 heavy (non-hydrogen) atoms. The minimum absolute atomic E-state index is 0.0887. The van der Waals surface area contributed by atoms with E-state index in [1.54, 1.807) is 0 Å². The largest absolute Gasteiger partial charge is 0.388 e. The molecule has 0 aliphatic heterocycles. The van der Waals surface area contributed by atoms with E-state index >= 15 is 0 Å². The van der Waals surface area contributed by atoms with Gasteiger partial charge in [0, 0.05) is 13.0 Å². The first-order valence-corrected chi connectivity index (χ1v) is 7.54. The van der Waals surface area contributed by atoms with Gasteiger partial charge in [-0.3, -0.25) is 4.79 Å². The second-order valence-electron chi connectivity index (χ2n) is 5.68. The van der Waals surface area contributed by atoms with Crippen molar-refractivity contribution in [2.24, 2.45) is 11.8 Å². The molecule has 0 saturated heterocycles. The Morgan fingerprint density at radius 2 is 1.90 bits per heavy atom. The lowest BCUT2D eigenvalue weighted by Gasteiger charge is -2.18. The Kier molecular flexibility index (Phi) is 7.31. The molecule has 2 atom stereocenters. The molecule has 3 heteroatoms. The van der Waals surface area contributed by atoms with Gasteiger partial charge in [-0.05, 0) is 23.8 Å². The summed E-state index contributed by atoms with van der Waals surface area (Å²) in [5.41, 5.74) is 0.898. The van der Waals surface area contributed by atoms with Gasteiger partial charge in [-0.25, -0.2) is 0 Å². The Bertz CT molecular complexity index is 389. The third-order valence-corrected chi connectivity index (χ3v) is 3.84. The van der Waals surface area contributed by atoms with Gasteiger partial charge in [0.2, 0.25) is 5.91 Å². The molecule has 0 fully saturated rings. The van der Waals surface area contributed by atoms with Crippen molar-refractivity contribution < 1.29 is 9.90 Å². The summed E-state index contributed by atoms with van der Waals surface area (Å²) >= 11 is 0. The average Bonchev–Trinajstić information content (AvgIpc) is 2.45. The van der Waals surface area contributed by atoms with Crippen LogP contribution >= 0.6 is 0 Å². The molecule has 1 amide bonds. The zero-order valence-corrected chi connectivity index (χ0v) is 12.8. The maximum Gasteiger partial charge on any atom is 0.220 e. The van der Waals surface area contributed by atoms with Crippen molar-refractivity contribution in [3.8, 4) is 0 Å². The highest BCUT2D eigenvalue weighted by Crippen LogP contribution is 2.19. The second-order valence-corrected chi connectivity index (χ2v) is 5.68. The van der Waals surface area contributed by atoms with Gasteiger partial charge in [-0.1, -0.05) is 57.5 Å². The first kappa shape index (κ1) is 16.7. The fourth-order valence-electron chi connectivity index (χ4n) is 2.35. The fraction of sp³-hybridized carbons (Fsp3) is 0.588. The molecule has 1 rings (SSSR count). The number of aliphatic hydroxyl groups excluding tert-OH is 1. The smallest absolute Gasteiger partial charge is 0.220 e. The highest BCUT2D eigenvalue weighted by molar-refractivity contribution is 5.76. The Morgan fingerprint density at radius 3 is 2.45 bits per heavy atom. The van der Waals surface area contributed by atoms with E-state index in [4.69, 9.17) is 0 Å². The number of amides is 1. The van der Waals surface area contributed by atoms with Crippen LogP contribution in [-0.2, 0) is 4.79 Å². The summed E-state index contributed by atoms with van der Waals surface area (Å²) in [5.74, 6) is 1.06. The molecule has 0 aromatic heterocycles. The lowest BCUT2D eigenvalue weighted by atomic mass is 9.90. The first-order valence-electron chi connectivity index (χ1n) is 7.54. The van der Waals surface area contributed by atoms with Gasteiger partial charge in [-0.15, -0.1) is 0 Å². The molecule has 0 spiro atoms. The predicted molar refractivity (Wildman–Crippen MR) is 82.3 cm³/mol. The number of rotatable bonds is 8. The highest BCUT2D eigenvalue weighted by Gasteiger charge is 2.15. The van der Waals surface area contributed by atoms with Crippen molar-refractivity contribution in [2.75, 3.05) is 6.54 Å². The Balaban J connectivity index is 2.28. The van der Waals surface area contributed by atoms with Crippen LogP contribution in [0.15, 0.2) is 30.3 Å². The number of carbonyl (C=O) groups is 1. The third-order valence-electron chi connectivity index (χ3n) is 3.84. The number of aliphatic hydroxyl groups is 1. The molecule has 0 heterocycles. The van der Waals surface area contributed by atoms with E-state index in [0.717, 1.165) is 12.0 Å². The number of benzene rings is 1. The summed E-state index contributed by atoms with van der Waals surface area (Å²) in [6.45, 7) is 6.95. The molecule has 0 saturated carbocycles. The van der Waals surface area contributed by atoms with Gasteiger partial charge in [0.15, 0.2) is 0 Å². The van der Waals surface area contributed by atoms with Gasteiger partial charge in [-0.2, -0.15) is 0 Å². The molecule has 2 N–H and O–H groups in total. The van der Waals surface area contributed by atoms with Crippen LogP contribution in [0, 0.1) is 11.8 Å². The van der Waals surface area contributed by atoms with Crippen LogP contribution in [0.5, 0.6) is 0 Å². The van der Waals surface area contributed by atoms with Gasteiger partial charge < -0.3 is 10.4 Å². The zero-order chi connectivity index (χ0) is 15.0. The second kappa shape index (κ2) is 8.75. The summed E-state index contributed by atoms with van der Waals surface area (Å²) in [7, 11) is 0. The number of hydrogen-bond acceptors (Lipinski definition) is 2. The zero-order valence-electron chi connectivity index (χ0n) is 12.8. The molecule has 1 aromatic carbocycles. The predicted octanol–water partition coefficient (Wildman–Crippen LogP) is 3.30. The Labute approximate surface area is 122 Å². The molecule has 0 aliphatic carbocycles. The van der Waals surface area contributed by atoms with E-state index in [1.807, 2.05) is 30.3 Å². The van der Waals surface area contributed by atoms with Gasteiger partial charge in [0.1, 0.15) is 0 Å². The van der Waals surface area contributed by atoms with E-state index in [0.29, 0.717) is 31.2 Å². The molecule has 1 aromatic rings. The van der Waals surface area contributed by atoms with Crippen molar-refractivity contribution >= 4 is 5.91 Å². The molecular weight excluding hydrogens is 250 g/mol. The summed E-state index contributed by atoms with van der Waals surface area (Å²) < 4.78 is 0. The van der Waals surface area contributed by atoms with Crippen LogP contribution in [0.4, 0.5) is 0 Å². The molecule has 0 radical (unpaired) electrons. The van der Waals surface area contributed by atoms with Crippen LogP contribution in [0.3, 0.4) is 0 Å². The summed E-state index contributed by atoms with van der Waals surface area (Å²) in [5, 5.41) is 12.9. The maximum atomic E-state index is 11.8. The van der Waals surface area contributed by atoms with Crippen molar-refractivity contribution in [1.29, 1.82) is 0 Å². The highest BCUT2D eigenvalue weighted by atomic mass is 16.3. The van der Waals surface area contributed by atoms with Crippen LogP contribution in [-0.4, -0.2) is 17.6 Å². The van der Waals surface area contributed by atoms with Crippen molar-refractivity contribution in [1.82, 2.24) is 5.32 Å². The molecule has 0 aliphatic rings. The lowest BCUT2D eigenvalue weighted by Crippen LogP contribution is -2.28. The Morgan fingerprint density at radius 1 is 1.25 bits per heavy atom. The standard InChI is InChI=1S/C17H27NO2/c1-4-14(13(2)3)12-17(20)18-11-10-16(19)15-8-6-5-7-9-15/h5-9,13-14,16,19H,4,10-12H2,1-3H3,(H,18,20).